The van der Waals surface area contributed by atoms with Gasteiger partial charge in [-0.2, -0.15) is 13.2 Å². The van der Waals surface area contributed by atoms with Crippen molar-refractivity contribution in [2.24, 2.45) is 22.7 Å². The molecule has 4 atom stereocenters. The fourth-order valence-corrected chi connectivity index (χ4v) is 5.79. The van der Waals surface area contributed by atoms with E-state index in [-0.39, 0.29) is 18.4 Å². The van der Waals surface area contributed by atoms with E-state index in [1.807, 2.05) is 54.7 Å². The highest BCUT2D eigenvalue weighted by molar-refractivity contribution is 5.73. The Balaban J connectivity index is 1.01. The number of carboxylic acid groups (broad SMARTS) is 1. The fraction of sp³-hybridized carbons (Fsp3) is 0.429. The molecule has 5 rings (SSSR count). The molecule has 1 N–H and O–H groups in total. The minimum Gasteiger partial charge on any atom is -0.492 e. The average Bonchev–Trinajstić information content (AvgIpc) is 3.41. The van der Waals surface area contributed by atoms with Gasteiger partial charge in [0.05, 0.1) is 12.1 Å². The molecular formula is C35H39F3N2O4. The molecule has 0 bridgehead atoms. The number of halogens is 3. The lowest BCUT2D eigenvalue weighted by molar-refractivity contribution is -0.145. The van der Waals surface area contributed by atoms with Crippen LogP contribution in [0.5, 0.6) is 11.5 Å². The number of carboxylic acids is 1. The van der Waals surface area contributed by atoms with Crippen molar-refractivity contribution in [1.29, 1.82) is 0 Å². The monoisotopic (exact) mass is 608 g/mol. The van der Waals surface area contributed by atoms with Gasteiger partial charge in [-0.1, -0.05) is 57.2 Å². The molecule has 6 nitrogen and oxygen atoms in total. The van der Waals surface area contributed by atoms with Crippen LogP contribution in [0.3, 0.4) is 0 Å². The van der Waals surface area contributed by atoms with Crippen LogP contribution < -0.4 is 9.47 Å². The van der Waals surface area contributed by atoms with Crippen LogP contribution in [-0.2, 0) is 29.4 Å². The van der Waals surface area contributed by atoms with E-state index in [0.717, 1.165) is 48.6 Å². The Kier molecular flexibility index (Phi) is 9.34. The molecule has 0 amide bonds. The number of nitrogens with zero attached hydrogens (tertiary/aromatic N) is 2. The van der Waals surface area contributed by atoms with E-state index in [1.54, 1.807) is 6.07 Å². The second kappa shape index (κ2) is 13.0. The van der Waals surface area contributed by atoms with E-state index in [4.69, 9.17) is 9.47 Å². The van der Waals surface area contributed by atoms with Crippen molar-refractivity contribution in [1.82, 2.24) is 4.90 Å². The molecule has 1 unspecified atom stereocenters. The third-order valence-electron chi connectivity index (χ3n) is 8.44. The van der Waals surface area contributed by atoms with E-state index in [9.17, 15) is 23.1 Å². The summed E-state index contributed by atoms with van der Waals surface area (Å²) >= 11 is 0. The Labute approximate surface area is 256 Å². The summed E-state index contributed by atoms with van der Waals surface area (Å²) in [7, 11) is 0. The lowest BCUT2D eigenvalue weighted by Crippen LogP contribution is -2.29. The summed E-state index contributed by atoms with van der Waals surface area (Å²) in [5.74, 6) is 1.72. The van der Waals surface area contributed by atoms with Crippen molar-refractivity contribution in [3.63, 3.8) is 0 Å². The molecule has 2 fully saturated rings. The number of benzene rings is 3. The van der Waals surface area contributed by atoms with Gasteiger partial charge in [0.25, 0.3) is 0 Å². The maximum absolute atomic E-state index is 12.9. The molecule has 1 saturated carbocycles. The summed E-state index contributed by atoms with van der Waals surface area (Å²) in [5.41, 5.74) is 1.92. The Morgan fingerprint density at radius 3 is 2.23 bits per heavy atom. The van der Waals surface area contributed by atoms with Crippen molar-refractivity contribution < 1.29 is 32.5 Å². The van der Waals surface area contributed by atoms with Gasteiger partial charge in [0.15, 0.2) is 6.10 Å². The van der Waals surface area contributed by atoms with Gasteiger partial charge >= 0.3 is 12.1 Å². The number of alkyl halides is 3. The third kappa shape index (κ3) is 8.20. The summed E-state index contributed by atoms with van der Waals surface area (Å²) in [6, 6.07) is 20.3. The maximum atomic E-state index is 12.9. The normalized spacial score (nSPS) is 20.8. The van der Waals surface area contributed by atoms with Gasteiger partial charge in [-0.15, -0.1) is 0 Å². The first-order chi connectivity index (χ1) is 20.9. The van der Waals surface area contributed by atoms with Crippen LogP contribution in [0, 0.1) is 17.8 Å². The van der Waals surface area contributed by atoms with E-state index in [0.29, 0.717) is 35.7 Å². The molecule has 1 saturated heterocycles. The third-order valence-corrected chi connectivity index (χ3v) is 8.44. The first kappa shape index (κ1) is 31.6. The molecule has 3 aromatic rings. The Morgan fingerprint density at radius 2 is 1.61 bits per heavy atom. The summed E-state index contributed by atoms with van der Waals surface area (Å²) in [6.45, 7) is 9.88. The second-order valence-corrected chi connectivity index (χ2v) is 12.8. The Hall–Kier alpha value is -3.85. The molecule has 1 aliphatic carbocycles. The lowest BCUT2D eigenvalue weighted by Gasteiger charge is -2.20. The van der Waals surface area contributed by atoms with Crippen molar-refractivity contribution in [3.05, 3.63) is 95.1 Å². The van der Waals surface area contributed by atoms with Crippen molar-refractivity contribution in [3.8, 4) is 11.5 Å². The number of piperidine rings is 1. The van der Waals surface area contributed by atoms with Gasteiger partial charge in [-0.3, -0.25) is 9.89 Å². The highest BCUT2D eigenvalue weighted by Gasteiger charge is 2.54. The van der Waals surface area contributed by atoms with Crippen LogP contribution in [0.2, 0.25) is 0 Å². The Bertz CT molecular complexity index is 1440. The maximum Gasteiger partial charge on any atom is 0.416 e. The number of likely N-dealkylation sites (tertiary alicyclic amines) is 1. The molecule has 0 spiro atoms. The summed E-state index contributed by atoms with van der Waals surface area (Å²) in [4.78, 5) is 18.7. The number of hydrogen-bond acceptors (Lipinski definition) is 5. The lowest BCUT2D eigenvalue weighted by atomic mass is 9.87. The molecule has 234 valence electrons. The van der Waals surface area contributed by atoms with Crippen LogP contribution in [0.1, 0.15) is 43.0 Å². The highest BCUT2D eigenvalue weighted by atomic mass is 19.4. The summed E-state index contributed by atoms with van der Waals surface area (Å²) < 4.78 is 50.5. The second-order valence-electron chi connectivity index (χ2n) is 12.8. The molecular weight excluding hydrogens is 569 g/mol. The largest absolute Gasteiger partial charge is 0.492 e. The molecule has 44 heavy (non-hydrogen) atoms. The van der Waals surface area contributed by atoms with Gasteiger partial charge in [0, 0.05) is 38.2 Å². The van der Waals surface area contributed by atoms with E-state index < -0.39 is 23.8 Å². The van der Waals surface area contributed by atoms with Crippen molar-refractivity contribution >= 4 is 12.2 Å². The van der Waals surface area contributed by atoms with Gasteiger partial charge in [0.1, 0.15) is 18.1 Å². The molecule has 0 radical (unpaired) electrons. The molecule has 0 aromatic heterocycles. The van der Waals surface area contributed by atoms with Gasteiger partial charge in [-0.05, 0) is 70.3 Å². The minimum absolute atomic E-state index is 0.00496. The number of rotatable bonds is 12. The van der Waals surface area contributed by atoms with Gasteiger partial charge in [0.2, 0.25) is 0 Å². The number of aliphatic imine (C=N–C) groups is 1. The molecule has 2 aliphatic rings. The number of aliphatic carboxylic acids is 1. The van der Waals surface area contributed by atoms with Crippen LogP contribution in [0.25, 0.3) is 0 Å². The summed E-state index contributed by atoms with van der Waals surface area (Å²) in [6.07, 6.45) is -3.19. The van der Waals surface area contributed by atoms with E-state index >= 15 is 0 Å². The van der Waals surface area contributed by atoms with Gasteiger partial charge < -0.3 is 14.6 Å². The van der Waals surface area contributed by atoms with Gasteiger partial charge in [-0.25, -0.2) is 4.79 Å². The van der Waals surface area contributed by atoms with Crippen molar-refractivity contribution in [2.75, 3.05) is 26.2 Å². The number of ether oxygens (including phenoxy) is 2. The zero-order valence-corrected chi connectivity index (χ0v) is 25.3. The molecule has 3 aromatic carbocycles. The van der Waals surface area contributed by atoms with Crippen LogP contribution >= 0.6 is 0 Å². The first-order valence-corrected chi connectivity index (χ1v) is 15.0. The van der Waals surface area contributed by atoms with Crippen LogP contribution in [0.4, 0.5) is 13.2 Å². The van der Waals surface area contributed by atoms with Crippen LogP contribution in [-0.4, -0.2) is 54.5 Å². The summed E-state index contributed by atoms with van der Waals surface area (Å²) in [5, 5.41) is 9.72. The number of carbonyl (C=O) groups is 1. The topological polar surface area (TPSA) is 71.4 Å². The first-order valence-electron chi connectivity index (χ1n) is 15.0. The average molecular weight is 609 g/mol. The Morgan fingerprint density at radius 1 is 0.955 bits per heavy atom. The molecule has 1 aliphatic heterocycles. The number of fused-ring (bicyclic) bond motifs is 1. The van der Waals surface area contributed by atoms with Crippen LogP contribution in [0.15, 0.2) is 77.8 Å². The zero-order chi connectivity index (χ0) is 31.5. The fourth-order valence-electron chi connectivity index (χ4n) is 5.79. The SMILES string of the molecule is CC(C)(C)c1ccc(O[C@@H](Cc2ccc(OCCN3C[C@@H]4C(C=NCc5cccc(C(F)(F)F)c5)[C@@H]4C3)cc2)C(=O)O)cc1. The minimum atomic E-state index is -4.34. The predicted octanol–water partition coefficient (Wildman–Crippen LogP) is 6.91. The quantitative estimate of drug-likeness (QED) is 0.227. The molecule has 9 heteroatoms. The smallest absolute Gasteiger partial charge is 0.416 e. The predicted molar refractivity (Wildman–Crippen MR) is 163 cm³/mol. The van der Waals surface area contributed by atoms with Crippen molar-refractivity contribution in [2.45, 2.75) is 51.4 Å². The zero-order valence-electron chi connectivity index (χ0n) is 25.3. The highest BCUT2D eigenvalue weighted by Crippen LogP contribution is 2.50. The number of hydrogen-bond donors (Lipinski definition) is 1. The molecule has 1 heterocycles. The standard InChI is InChI=1S/C35H39F3N2O4/c1-34(2,3)25-9-13-28(14-10-25)44-32(33(41)42)18-23-7-11-27(12-8-23)43-16-15-40-21-30-29(31(30)22-40)20-39-19-24-5-4-6-26(17-24)35(36,37)38/h4-14,17,20,29-32H,15-16,18-19,21-22H2,1-3H3,(H,41,42)/t29?,30-,31+,32-/m0/s1. The van der Waals surface area contributed by atoms with E-state index in [2.05, 4.69) is 30.7 Å². The van der Waals surface area contributed by atoms with E-state index in [1.165, 1.54) is 6.07 Å².